The molecule has 1 saturated heterocycles. The third-order valence-corrected chi connectivity index (χ3v) is 3.92. The lowest BCUT2D eigenvalue weighted by Gasteiger charge is -2.41. The molecule has 1 aromatic heterocycles. The molecule has 0 saturated carbocycles. The Kier molecular flexibility index (Phi) is 4.67. The van der Waals surface area contributed by atoms with E-state index in [1.165, 1.54) is 0 Å². The molecule has 6 nitrogen and oxygen atoms in total. The summed E-state index contributed by atoms with van der Waals surface area (Å²) >= 11 is 0. The number of hydrogen-bond acceptors (Lipinski definition) is 5. The number of ether oxygens (including phenoxy) is 1. The van der Waals surface area contributed by atoms with E-state index < -0.39 is 0 Å². The van der Waals surface area contributed by atoms with E-state index in [4.69, 9.17) is 15.7 Å². The topological polar surface area (TPSA) is 84.0 Å². The van der Waals surface area contributed by atoms with Gasteiger partial charge >= 0.3 is 0 Å². The van der Waals surface area contributed by atoms with Gasteiger partial charge in [-0.25, -0.2) is 0 Å². The van der Waals surface area contributed by atoms with Crippen molar-refractivity contribution in [1.29, 1.82) is 0 Å². The molecule has 0 aromatic carbocycles. The van der Waals surface area contributed by atoms with Crippen LogP contribution in [-0.2, 0) is 4.74 Å². The van der Waals surface area contributed by atoms with Crippen LogP contribution in [0.1, 0.15) is 37.2 Å². The maximum Gasteiger partial charge on any atom is 0.174 e. The molecule has 1 fully saturated rings. The summed E-state index contributed by atoms with van der Waals surface area (Å²) in [5.41, 5.74) is 9.25. The van der Waals surface area contributed by atoms with Gasteiger partial charge in [0.2, 0.25) is 0 Å². The highest BCUT2D eigenvalue weighted by atomic mass is 16.5. The van der Waals surface area contributed by atoms with Crippen molar-refractivity contribution in [2.75, 3.05) is 18.1 Å². The maximum atomic E-state index is 9.07. The van der Waals surface area contributed by atoms with E-state index in [0.29, 0.717) is 12.2 Å². The molecule has 2 rings (SSSR count). The fraction of sp³-hybridized carbons (Fsp3) is 0.600. The number of nitrogens with two attached hydrogens (primary N) is 1. The zero-order chi connectivity index (χ0) is 15.6. The number of aryl methyl sites for hydroxylation is 2. The molecule has 1 aliphatic rings. The lowest BCUT2D eigenvalue weighted by molar-refractivity contribution is 0.0299. The summed E-state index contributed by atoms with van der Waals surface area (Å²) in [5, 5.41) is 12.2. The van der Waals surface area contributed by atoms with Gasteiger partial charge in [-0.2, -0.15) is 0 Å². The van der Waals surface area contributed by atoms with Crippen molar-refractivity contribution in [2.24, 2.45) is 10.9 Å². The summed E-state index contributed by atoms with van der Waals surface area (Å²) < 4.78 is 5.75. The van der Waals surface area contributed by atoms with Gasteiger partial charge in [0.05, 0.1) is 35.7 Å². The molecule has 2 heterocycles. The van der Waals surface area contributed by atoms with Crippen LogP contribution in [0, 0.1) is 13.8 Å². The zero-order valence-corrected chi connectivity index (χ0v) is 13.1. The zero-order valence-electron chi connectivity index (χ0n) is 13.1. The van der Waals surface area contributed by atoms with Crippen molar-refractivity contribution in [1.82, 2.24) is 4.98 Å². The number of morpholine rings is 1. The van der Waals surface area contributed by atoms with E-state index >= 15 is 0 Å². The smallest absolute Gasteiger partial charge is 0.174 e. The number of hydrogen-bond donors (Lipinski definition) is 2. The predicted molar refractivity (Wildman–Crippen MR) is 83.1 cm³/mol. The molecule has 0 amide bonds. The normalized spacial score (nSPS) is 23.4. The van der Waals surface area contributed by atoms with Gasteiger partial charge in [0.15, 0.2) is 5.84 Å². The lowest BCUT2D eigenvalue weighted by Crippen LogP contribution is -2.49. The van der Waals surface area contributed by atoms with E-state index in [9.17, 15) is 0 Å². The van der Waals surface area contributed by atoms with Gasteiger partial charge in [-0.15, -0.1) is 0 Å². The number of nitrogens with zero attached hydrogens (tertiary/aromatic N) is 3. The fourth-order valence-electron chi connectivity index (χ4n) is 2.88. The first-order valence-corrected chi connectivity index (χ1v) is 7.32. The minimum Gasteiger partial charge on any atom is -0.409 e. The highest BCUT2D eigenvalue weighted by Gasteiger charge is 2.29. The summed E-state index contributed by atoms with van der Waals surface area (Å²) in [5.74, 6) is 0.101. The molecule has 116 valence electrons. The van der Waals surface area contributed by atoms with Crippen molar-refractivity contribution in [3.05, 3.63) is 23.0 Å². The van der Waals surface area contributed by atoms with Gasteiger partial charge in [0.25, 0.3) is 0 Å². The summed E-state index contributed by atoms with van der Waals surface area (Å²) in [6.07, 6.45) is 1.13. The van der Waals surface area contributed by atoms with Crippen molar-refractivity contribution in [3.63, 3.8) is 0 Å². The van der Waals surface area contributed by atoms with Crippen LogP contribution < -0.4 is 10.6 Å². The SMILES string of the molecule is CCC1COC(C)CN1c1cc(C)nc(C)c1/C(N)=N/O. The summed E-state index contributed by atoms with van der Waals surface area (Å²) in [6, 6.07) is 2.29. The Morgan fingerprint density at radius 1 is 1.57 bits per heavy atom. The second kappa shape index (κ2) is 6.30. The summed E-state index contributed by atoms with van der Waals surface area (Å²) in [7, 11) is 0. The van der Waals surface area contributed by atoms with Crippen LogP contribution in [0.3, 0.4) is 0 Å². The molecule has 1 aliphatic heterocycles. The third kappa shape index (κ3) is 3.10. The predicted octanol–water partition coefficient (Wildman–Crippen LogP) is 1.80. The van der Waals surface area contributed by atoms with Crippen LogP contribution >= 0.6 is 0 Å². The Hall–Kier alpha value is -1.82. The van der Waals surface area contributed by atoms with Crippen LogP contribution in [-0.4, -0.2) is 41.3 Å². The van der Waals surface area contributed by atoms with E-state index in [1.54, 1.807) is 0 Å². The van der Waals surface area contributed by atoms with Gasteiger partial charge in [-0.05, 0) is 33.3 Å². The number of pyridine rings is 1. The van der Waals surface area contributed by atoms with Crippen molar-refractivity contribution in [2.45, 2.75) is 46.3 Å². The van der Waals surface area contributed by atoms with E-state index in [2.05, 4.69) is 28.9 Å². The van der Waals surface area contributed by atoms with Crippen LogP contribution in [0.15, 0.2) is 11.2 Å². The molecule has 0 radical (unpaired) electrons. The number of rotatable bonds is 3. The van der Waals surface area contributed by atoms with Crippen molar-refractivity contribution < 1.29 is 9.94 Å². The Labute approximate surface area is 125 Å². The van der Waals surface area contributed by atoms with Crippen LogP contribution in [0.5, 0.6) is 0 Å². The molecule has 6 heteroatoms. The largest absolute Gasteiger partial charge is 0.409 e. The molecular formula is C15H24N4O2. The average Bonchev–Trinajstić information content (AvgIpc) is 2.45. The van der Waals surface area contributed by atoms with Crippen molar-refractivity contribution in [3.8, 4) is 0 Å². The standard InChI is InChI=1S/C15H24N4O2/c1-5-12-8-21-10(3)7-19(12)13-6-9(2)17-11(4)14(13)15(16)18-20/h6,10,12,20H,5,7-8H2,1-4H3,(H2,16,18). The fourth-order valence-corrected chi connectivity index (χ4v) is 2.88. The summed E-state index contributed by atoms with van der Waals surface area (Å²) in [4.78, 5) is 6.73. The quantitative estimate of drug-likeness (QED) is 0.384. The minimum absolute atomic E-state index is 0.101. The van der Waals surface area contributed by atoms with Crippen LogP contribution in [0.25, 0.3) is 0 Å². The maximum absolute atomic E-state index is 9.07. The van der Waals surface area contributed by atoms with Gasteiger partial charge < -0.3 is 20.6 Å². The highest BCUT2D eigenvalue weighted by Crippen LogP contribution is 2.29. The summed E-state index contributed by atoms with van der Waals surface area (Å²) in [6.45, 7) is 9.51. The molecule has 1 aromatic rings. The molecule has 3 N–H and O–H groups in total. The Balaban J connectivity index is 2.55. The van der Waals surface area contributed by atoms with Gasteiger partial charge in [-0.1, -0.05) is 12.1 Å². The Bertz CT molecular complexity index is 545. The number of aromatic nitrogens is 1. The lowest BCUT2D eigenvalue weighted by atomic mass is 10.0. The van der Waals surface area contributed by atoms with E-state index in [-0.39, 0.29) is 18.0 Å². The van der Waals surface area contributed by atoms with Gasteiger partial charge in [0.1, 0.15) is 0 Å². The average molecular weight is 292 g/mol. The molecule has 0 bridgehead atoms. The monoisotopic (exact) mass is 292 g/mol. The Morgan fingerprint density at radius 2 is 2.29 bits per heavy atom. The van der Waals surface area contributed by atoms with Crippen molar-refractivity contribution >= 4 is 11.5 Å². The Morgan fingerprint density at radius 3 is 2.90 bits per heavy atom. The highest BCUT2D eigenvalue weighted by molar-refractivity contribution is 6.03. The minimum atomic E-state index is 0.101. The molecule has 2 atom stereocenters. The third-order valence-electron chi connectivity index (χ3n) is 3.92. The first-order valence-electron chi connectivity index (χ1n) is 7.32. The first kappa shape index (κ1) is 15.6. The number of amidine groups is 1. The van der Waals surface area contributed by atoms with E-state index in [0.717, 1.165) is 30.0 Å². The first-order chi connectivity index (χ1) is 9.97. The van der Waals surface area contributed by atoms with Crippen LogP contribution in [0.2, 0.25) is 0 Å². The second-order valence-electron chi connectivity index (χ2n) is 5.59. The number of oxime groups is 1. The second-order valence-corrected chi connectivity index (χ2v) is 5.59. The molecular weight excluding hydrogens is 268 g/mol. The van der Waals surface area contributed by atoms with Gasteiger partial charge in [-0.3, -0.25) is 4.98 Å². The molecule has 0 spiro atoms. The van der Waals surface area contributed by atoms with E-state index in [1.807, 2.05) is 19.9 Å². The molecule has 0 aliphatic carbocycles. The van der Waals surface area contributed by atoms with Crippen LogP contribution in [0.4, 0.5) is 5.69 Å². The van der Waals surface area contributed by atoms with Gasteiger partial charge in [0, 0.05) is 12.2 Å². The molecule has 21 heavy (non-hydrogen) atoms. The molecule has 2 unspecified atom stereocenters. The number of anilines is 1.